The molecule has 0 unspecified atom stereocenters. The minimum absolute atomic E-state index is 0.0749. The predicted octanol–water partition coefficient (Wildman–Crippen LogP) is 1.00. The van der Waals surface area contributed by atoms with Crippen LogP contribution in [0.2, 0.25) is 0 Å². The minimum atomic E-state index is -0.764. The van der Waals surface area contributed by atoms with E-state index in [-0.39, 0.29) is 17.9 Å². The number of urea groups is 1. The lowest BCUT2D eigenvalue weighted by Crippen LogP contribution is -2.56. The molecule has 0 aromatic carbocycles. The largest absolute Gasteiger partial charge is 0.325 e. The van der Waals surface area contributed by atoms with Crippen LogP contribution < -0.4 is 5.32 Å². The summed E-state index contributed by atoms with van der Waals surface area (Å²) < 4.78 is 1.82. The molecule has 7 heteroatoms. The maximum absolute atomic E-state index is 12.7. The van der Waals surface area contributed by atoms with Crippen LogP contribution in [-0.2, 0) is 18.3 Å². The van der Waals surface area contributed by atoms with Gasteiger partial charge in [-0.3, -0.25) is 14.4 Å². The van der Waals surface area contributed by atoms with E-state index in [0.717, 1.165) is 38.9 Å². The molecule has 0 spiro atoms. The molecule has 132 valence electrons. The molecule has 2 aliphatic rings. The van der Waals surface area contributed by atoms with E-state index in [1.165, 1.54) is 10.5 Å². The third kappa shape index (κ3) is 3.05. The summed E-state index contributed by atoms with van der Waals surface area (Å²) in [7, 11) is 1.93. The van der Waals surface area contributed by atoms with Crippen molar-refractivity contribution in [2.45, 2.75) is 38.6 Å². The molecule has 0 bridgehead atoms. The number of aryl methyl sites for hydroxylation is 1. The average molecular weight is 333 g/mol. The summed E-state index contributed by atoms with van der Waals surface area (Å²) in [4.78, 5) is 28.4. The number of likely N-dealkylation sites (N-methyl/N-ethyl adjacent to an activating group) is 1. The molecule has 0 saturated carbocycles. The Hall–Kier alpha value is -1.89. The van der Waals surface area contributed by atoms with Gasteiger partial charge in [0.05, 0.1) is 6.20 Å². The molecule has 2 saturated heterocycles. The second-order valence-corrected chi connectivity index (χ2v) is 7.09. The standard InChI is InChI=1S/C17H27N5O2/c1-4-22-15(23)17(2,19-16(22)24)14-6-5-8-21(12-14)9-7-13-10-18-20(3)11-13/h10-11,14H,4-9,12H2,1-3H3,(H,19,24)/t14-,17+/m0/s1. The quantitative estimate of drug-likeness (QED) is 0.816. The highest BCUT2D eigenvalue weighted by molar-refractivity contribution is 6.07. The normalized spacial score (nSPS) is 28.5. The first-order chi connectivity index (χ1) is 11.4. The van der Waals surface area contributed by atoms with E-state index in [1.54, 1.807) is 0 Å². The summed E-state index contributed by atoms with van der Waals surface area (Å²) in [6.45, 7) is 7.00. The Morgan fingerprint density at radius 1 is 1.42 bits per heavy atom. The Kier molecular flexibility index (Phi) is 4.62. The SMILES string of the molecule is CCN1C(=O)N[C@](C)([C@H]2CCCN(CCc3cnn(C)c3)C2)C1=O. The van der Waals surface area contributed by atoms with Gasteiger partial charge >= 0.3 is 6.03 Å². The summed E-state index contributed by atoms with van der Waals surface area (Å²) in [5, 5.41) is 7.15. The lowest BCUT2D eigenvalue weighted by molar-refractivity contribution is -0.133. The topological polar surface area (TPSA) is 70.5 Å². The highest BCUT2D eigenvalue weighted by atomic mass is 16.2. The lowest BCUT2D eigenvalue weighted by Gasteiger charge is -2.39. The van der Waals surface area contributed by atoms with Gasteiger partial charge in [0, 0.05) is 38.8 Å². The van der Waals surface area contributed by atoms with E-state index in [1.807, 2.05) is 38.0 Å². The van der Waals surface area contributed by atoms with Crippen molar-refractivity contribution >= 4 is 11.9 Å². The summed E-state index contributed by atoms with van der Waals surface area (Å²) in [5.74, 6) is 0.0854. The molecule has 1 N–H and O–H groups in total. The van der Waals surface area contributed by atoms with Crippen LogP contribution in [0.25, 0.3) is 0 Å². The fourth-order valence-electron chi connectivity index (χ4n) is 3.90. The summed E-state index contributed by atoms with van der Waals surface area (Å²) >= 11 is 0. The van der Waals surface area contributed by atoms with E-state index in [2.05, 4.69) is 15.3 Å². The molecule has 3 rings (SSSR count). The van der Waals surface area contributed by atoms with Gasteiger partial charge in [0.15, 0.2) is 0 Å². The molecular weight excluding hydrogens is 306 g/mol. The van der Waals surface area contributed by atoms with Crippen LogP contribution in [0.1, 0.15) is 32.3 Å². The number of amides is 3. The highest BCUT2D eigenvalue weighted by Gasteiger charge is 2.52. The number of carbonyl (C=O) groups excluding carboxylic acids is 2. The first-order valence-corrected chi connectivity index (χ1v) is 8.78. The zero-order valence-electron chi connectivity index (χ0n) is 14.8. The second kappa shape index (κ2) is 6.55. The molecule has 0 aliphatic carbocycles. The third-order valence-corrected chi connectivity index (χ3v) is 5.41. The van der Waals surface area contributed by atoms with E-state index >= 15 is 0 Å². The number of likely N-dealkylation sites (tertiary alicyclic amines) is 1. The molecule has 1 aromatic heterocycles. The number of imide groups is 1. The van der Waals surface area contributed by atoms with E-state index < -0.39 is 5.54 Å². The number of nitrogens with one attached hydrogen (secondary N) is 1. The molecular formula is C17H27N5O2. The van der Waals surface area contributed by atoms with Crippen LogP contribution in [0.3, 0.4) is 0 Å². The Morgan fingerprint density at radius 3 is 2.83 bits per heavy atom. The van der Waals surface area contributed by atoms with Crippen LogP contribution in [0, 0.1) is 5.92 Å². The van der Waals surface area contributed by atoms with Crippen molar-refractivity contribution in [3.8, 4) is 0 Å². The average Bonchev–Trinajstić information content (AvgIpc) is 3.08. The smallest absolute Gasteiger partial charge is 0.323 e. The molecule has 2 fully saturated rings. The minimum Gasteiger partial charge on any atom is -0.323 e. The van der Waals surface area contributed by atoms with Crippen LogP contribution in [-0.4, -0.2) is 63.2 Å². The number of rotatable bonds is 5. The third-order valence-electron chi connectivity index (χ3n) is 5.41. The highest BCUT2D eigenvalue weighted by Crippen LogP contribution is 2.32. The Labute approximate surface area is 143 Å². The van der Waals surface area contributed by atoms with Gasteiger partial charge in [-0.25, -0.2) is 4.79 Å². The molecule has 2 aliphatic heterocycles. The second-order valence-electron chi connectivity index (χ2n) is 7.09. The summed E-state index contributed by atoms with van der Waals surface area (Å²) in [5.41, 5.74) is 0.466. The van der Waals surface area contributed by atoms with Crippen molar-refractivity contribution < 1.29 is 9.59 Å². The van der Waals surface area contributed by atoms with Crippen molar-refractivity contribution in [2.24, 2.45) is 13.0 Å². The van der Waals surface area contributed by atoms with Crippen LogP contribution in [0.4, 0.5) is 4.79 Å². The molecule has 7 nitrogen and oxygen atoms in total. The van der Waals surface area contributed by atoms with Crippen molar-refractivity contribution in [1.82, 2.24) is 24.9 Å². The fourth-order valence-corrected chi connectivity index (χ4v) is 3.90. The molecule has 0 radical (unpaired) electrons. The fraction of sp³-hybridized carbons (Fsp3) is 0.706. The van der Waals surface area contributed by atoms with Crippen molar-refractivity contribution in [3.63, 3.8) is 0 Å². The van der Waals surface area contributed by atoms with E-state index in [4.69, 9.17) is 0 Å². The van der Waals surface area contributed by atoms with Gasteiger partial charge in [-0.05, 0) is 45.2 Å². The Morgan fingerprint density at radius 2 is 2.21 bits per heavy atom. The predicted molar refractivity (Wildman–Crippen MR) is 90.4 cm³/mol. The number of hydrogen-bond acceptors (Lipinski definition) is 4. The number of hydrogen-bond donors (Lipinski definition) is 1. The molecule has 24 heavy (non-hydrogen) atoms. The summed E-state index contributed by atoms with van der Waals surface area (Å²) in [6.07, 6.45) is 6.94. The summed E-state index contributed by atoms with van der Waals surface area (Å²) in [6, 6.07) is -0.252. The van der Waals surface area contributed by atoms with Crippen LogP contribution in [0.5, 0.6) is 0 Å². The first kappa shape index (κ1) is 17.0. The van der Waals surface area contributed by atoms with E-state index in [0.29, 0.717) is 6.54 Å². The van der Waals surface area contributed by atoms with Gasteiger partial charge in [0.25, 0.3) is 5.91 Å². The van der Waals surface area contributed by atoms with Gasteiger partial charge in [0.1, 0.15) is 5.54 Å². The van der Waals surface area contributed by atoms with Gasteiger partial charge in [-0.2, -0.15) is 5.10 Å². The molecule has 3 amide bonds. The van der Waals surface area contributed by atoms with Crippen molar-refractivity contribution in [3.05, 3.63) is 18.0 Å². The zero-order chi connectivity index (χ0) is 17.3. The Bertz CT molecular complexity index is 628. The Balaban J connectivity index is 1.63. The van der Waals surface area contributed by atoms with Crippen LogP contribution >= 0.6 is 0 Å². The van der Waals surface area contributed by atoms with Crippen molar-refractivity contribution in [1.29, 1.82) is 0 Å². The van der Waals surface area contributed by atoms with Crippen LogP contribution in [0.15, 0.2) is 12.4 Å². The number of carbonyl (C=O) groups is 2. The number of nitrogens with zero attached hydrogens (tertiary/aromatic N) is 4. The van der Waals surface area contributed by atoms with Gasteiger partial charge < -0.3 is 10.2 Å². The lowest BCUT2D eigenvalue weighted by atomic mass is 9.80. The number of aromatic nitrogens is 2. The van der Waals surface area contributed by atoms with Gasteiger partial charge in [-0.15, -0.1) is 0 Å². The zero-order valence-corrected chi connectivity index (χ0v) is 14.8. The number of piperidine rings is 1. The van der Waals surface area contributed by atoms with E-state index in [9.17, 15) is 9.59 Å². The van der Waals surface area contributed by atoms with Gasteiger partial charge in [0.2, 0.25) is 0 Å². The van der Waals surface area contributed by atoms with Crippen molar-refractivity contribution in [2.75, 3.05) is 26.2 Å². The monoisotopic (exact) mass is 333 g/mol. The molecule has 3 heterocycles. The van der Waals surface area contributed by atoms with Gasteiger partial charge in [-0.1, -0.05) is 0 Å². The molecule has 2 atom stereocenters. The molecule has 1 aromatic rings. The maximum atomic E-state index is 12.7. The maximum Gasteiger partial charge on any atom is 0.325 e. The first-order valence-electron chi connectivity index (χ1n) is 8.78.